The monoisotopic (exact) mass is 300 g/mol. The molecule has 0 bridgehead atoms. The van der Waals surface area contributed by atoms with E-state index < -0.39 is 0 Å². The fraction of sp³-hybridized carbons (Fsp3) is 0.500. The Morgan fingerprint density at radius 1 is 1.45 bits per heavy atom. The van der Waals surface area contributed by atoms with Crippen molar-refractivity contribution in [1.82, 2.24) is 0 Å². The lowest BCUT2D eigenvalue weighted by atomic mass is 9.95. The van der Waals surface area contributed by atoms with Gasteiger partial charge in [0.25, 0.3) is 0 Å². The van der Waals surface area contributed by atoms with E-state index in [9.17, 15) is 0 Å². The summed E-state index contributed by atoms with van der Waals surface area (Å²) in [6.45, 7) is 6.54. The van der Waals surface area contributed by atoms with Gasteiger partial charge in [-0.25, -0.2) is 0 Å². The summed E-state index contributed by atoms with van der Waals surface area (Å²) in [5.74, 6) is 0. The molecule has 11 heavy (non-hydrogen) atoms. The summed E-state index contributed by atoms with van der Waals surface area (Å²) in [6.07, 6.45) is 0. The van der Waals surface area contributed by atoms with Crippen molar-refractivity contribution >= 4 is 45.5 Å². The third kappa shape index (κ3) is 2.33. The van der Waals surface area contributed by atoms with Gasteiger partial charge in [-0.05, 0) is 34.1 Å². The van der Waals surface area contributed by atoms with E-state index in [1.165, 1.54) is 7.76 Å². The number of hydrogen-bond donors (Lipinski definition) is 0. The van der Waals surface area contributed by atoms with Gasteiger partial charge in [-0.2, -0.15) is 0 Å². The largest absolute Gasteiger partial charge is 0.132 e. The van der Waals surface area contributed by atoms with Crippen molar-refractivity contribution in [2.75, 3.05) is 0 Å². The summed E-state index contributed by atoms with van der Waals surface area (Å²) in [6, 6.07) is 2.02. The zero-order valence-electron chi connectivity index (χ0n) is 6.74. The summed E-state index contributed by atoms with van der Waals surface area (Å²) >= 11 is 10.1. The smallest absolute Gasteiger partial charge is 0.0671 e. The minimum atomic E-state index is 0.186. The maximum absolute atomic E-state index is 6.04. The molecule has 1 aromatic rings. The summed E-state index contributed by atoms with van der Waals surface area (Å²) in [5.41, 5.74) is 0.186. The first-order valence-electron chi connectivity index (χ1n) is 3.36. The standard InChI is InChI=1S/C8H10ClIS/c1-8(2,3)7-5(9)4-6(10)11-7/h4H,1-3H3. The molecule has 0 saturated heterocycles. The SMILES string of the molecule is CC(C)(C)c1sc(I)cc1Cl. The van der Waals surface area contributed by atoms with E-state index in [4.69, 9.17) is 11.6 Å². The van der Waals surface area contributed by atoms with Crippen LogP contribution in [0, 0.1) is 2.88 Å². The van der Waals surface area contributed by atoms with Crippen LogP contribution >= 0.6 is 45.5 Å². The van der Waals surface area contributed by atoms with Gasteiger partial charge >= 0.3 is 0 Å². The summed E-state index contributed by atoms with van der Waals surface area (Å²) in [5, 5.41) is 0.909. The Labute approximate surface area is 90.1 Å². The van der Waals surface area contributed by atoms with Crippen molar-refractivity contribution in [2.24, 2.45) is 0 Å². The van der Waals surface area contributed by atoms with Crippen LogP contribution < -0.4 is 0 Å². The average molecular weight is 301 g/mol. The Bertz CT molecular complexity index is 260. The molecule has 0 radical (unpaired) electrons. The van der Waals surface area contributed by atoms with Crippen LogP contribution in [-0.4, -0.2) is 0 Å². The molecule has 0 saturated carbocycles. The Morgan fingerprint density at radius 3 is 2.18 bits per heavy atom. The molecule has 1 aromatic heterocycles. The molecule has 0 aliphatic heterocycles. The third-order valence-electron chi connectivity index (χ3n) is 1.34. The quantitative estimate of drug-likeness (QED) is 0.627. The van der Waals surface area contributed by atoms with Crippen molar-refractivity contribution in [3.63, 3.8) is 0 Å². The predicted molar refractivity (Wildman–Crippen MR) is 60.7 cm³/mol. The molecule has 0 fully saturated rings. The molecule has 0 aliphatic rings. The van der Waals surface area contributed by atoms with E-state index in [1.807, 2.05) is 6.07 Å². The number of thiophene rings is 1. The molecule has 0 atom stereocenters. The van der Waals surface area contributed by atoms with Gasteiger partial charge in [-0.1, -0.05) is 32.4 Å². The molecule has 62 valence electrons. The highest BCUT2D eigenvalue weighted by molar-refractivity contribution is 14.1. The van der Waals surface area contributed by atoms with E-state index in [0.29, 0.717) is 0 Å². The van der Waals surface area contributed by atoms with E-state index >= 15 is 0 Å². The summed E-state index contributed by atoms with van der Waals surface area (Å²) in [4.78, 5) is 1.28. The molecule has 0 amide bonds. The highest BCUT2D eigenvalue weighted by Crippen LogP contribution is 2.36. The maximum Gasteiger partial charge on any atom is 0.0671 e. The minimum absolute atomic E-state index is 0.186. The van der Waals surface area contributed by atoms with E-state index in [2.05, 4.69) is 43.4 Å². The zero-order valence-corrected chi connectivity index (χ0v) is 10.5. The molecule has 0 aromatic carbocycles. The molecule has 0 unspecified atom stereocenters. The highest BCUT2D eigenvalue weighted by atomic mass is 127. The molecule has 1 heterocycles. The van der Waals surface area contributed by atoms with Crippen LogP contribution in [0.25, 0.3) is 0 Å². The van der Waals surface area contributed by atoms with Gasteiger partial charge in [0, 0.05) is 4.88 Å². The fourth-order valence-electron chi connectivity index (χ4n) is 0.852. The molecule has 0 nitrogen and oxygen atoms in total. The zero-order chi connectivity index (χ0) is 8.65. The third-order valence-corrected chi connectivity index (χ3v) is 4.07. The molecule has 3 heteroatoms. The second-order valence-electron chi connectivity index (χ2n) is 3.48. The molecular weight excluding hydrogens is 291 g/mol. The van der Waals surface area contributed by atoms with Gasteiger partial charge in [0.1, 0.15) is 0 Å². The van der Waals surface area contributed by atoms with E-state index in [-0.39, 0.29) is 5.41 Å². The molecule has 0 N–H and O–H groups in total. The van der Waals surface area contributed by atoms with Crippen LogP contribution in [0.3, 0.4) is 0 Å². The van der Waals surface area contributed by atoms with Gasteiger partial charge in [0.15, 0.2) is 0 Å². The van der Waals surface area contributed by atoms with Crippen LogP contribution in [0.5, 0.6) is 0 Å². The molecule has 0 spiro atoms. The summed E-state index contributed by atoms with van der Waals surface area (Å²) < 4.78 is 1.26. The minimum Gasteiger partial charge on any atom is -0.132 e. The van der Waals surface area contributed by atoms with E-state index in [1.54, 1.807) is 11.3 Å². The lowest BCUT2D eigenvalue weighted by Gasteiger charge is -2.16. The van der Waals surface area contributed by atoms with Crippen LogP contribution in [-0.2, 0) is 5.41 Å². The van der Waals surface area contributed by atoms with Crippen LogP contribution in [0.1, 0.15) is 25.6 Å². The van der Waals surface area contributed by atoms with Crippen LogP contribution in [0.2, 0.25) is 5.02 Å². The van der Waals surface area contributed by atoms with Gasteiger partial charge in [0.2, 0.25) is 0 Å². The first-order chi connectivity index (χ1) is 4.91. The highest BCUT2D eigenvalue weighted by Gasteiger charge is 2.19. The Morgan fingerprint density at radius 2 is 2.00 bits per heavy atom. The van der Waals surface area contributed by atoms with Crippen molar-refractivity contribution < 1.29 is 0 Å². The topological polar surface area (TPSA) is 0 Å². The Balaban J connectivity index is 3.13. The second-order valence-corrected chi connectivity index (χ2v) is 6.83. The fourth-order valence-corrected chi connectivity index (χ4v) is 3.42. The first-order valence-corrected chi connectivity index (χ1v) is 5.64. The van der Waals surface area contributed by atoms with Gasteiger partial charge in [0.05, 0.1) is 7.91 Å². The Kier molecular flexibility index (Phi) is 2.88. The van der Waals surface area contributed by atoms with Crippen LogP contribution in [0.4, 0.5) is 0 Å². The van der Waals surface area contributed by atoms with Gasteiger partial charge in [-0.3, -0.25) is 0 Å². The van der Waals surface area contributed by atoms with Crippen molar-refractivity contribution in [1.29, 1.82) is 0 Å². The van der Waals surface area contributed by atoms with Crippen molar-refractivity contribution in [2.45, 2.75) is 26.2 Å². The lowest BCUT2D eigenvalue weighted by molar-refractivity contribution is 0.604. The van der Waals surface area contributed by atoms with Gasteiger partial charge in [-0.15, -0.1) is 11.3 Å². The molecular formula is C8H10ClIS. The molecule has 0 aliphatic carbocycles. The number of rotatable bonds is 0. The molecule has 1 rings (SSSR count). The van der Waals surface area contributed by atoms with E-state index in [0.717, 1.165) is 5.02 Å². The predicted octanol–water partition coefficient (Wildman–Crippen LogP) is 4.30. The average Bonchev–Trinajstić information content (AvgIpc) is 2.08. The summed E-state index contributed by atoms with van der Waals surface area (Å²) in [7, 11) is 0. The van der Waals surface area contributed by atoms with Crippen LogP contribution in [0.15, 0.2) is 6.07 Å². The number of halogens is 2. The number of hydrogen-bond acceptors (Lipinski definition) is 1. The normalized spacial score (nSPS) is 12.1. The van der Waals surface area contributed by atoms with Crippen molar-refractivity contribution in [3.05, 3.63) is 18.9 Å². The van der Waals surface area contributed by atoms with Gasteiger partial charge < -0.3 is 0 Å². The first kappa shape index (κ1) is 9.81. The van der Waals surface area contributed by atoms with Crippen molar-refractivity contribution in [3.8, 4) is 0 Å². The maximum atomic E-state index is 6.04. The second kappa shape index (κ2) is 3.23. The lowest BCUT2D eigenvalue weighted by Crippen LogP contribution is -2.08. The Hall–Kier alpha value is 0.720.